The molecule has 7 nitrogen and oxygen atoms in total. The van der Waals surface area contributed by atoms with Crippen LogP contribution in [0.1, 0.15) is 24.7 Å². The summed E-state index contributed by atoms with van der Waals surface area (Å²) in [6.45, 7) is 2.80. The number of halogens is 1. The molecule has 1 aromatic heterocycles. The number of piperazine rings is 1. The maximum Gasteiger partial charge on any atom is 0.312 e. The average Bonchev–Trinajstić information content (AvgIpc) is 3.21. The maximum atomic E-state index is 13.0. The van der Waals surface area contributed by atoms with E-state index in [1.165, 1.54) is 28.2 Å². The first-order valence-electron chi connectivity index (χ1n) is 9.14. The second-order valence-corrected chi connectivity index (χ2v) is 6.57. The van der Waals surface area contributed by atoms with Gasteiger partial charge in [0.25, 0.3) is 0 Å². The third-order valence-corrected chi connectivity index (χ3v) is 4.71. The van der Waals surface area contributed by atoms with Gasteiger partial charge in [-0.05, 0) is 36.2 Å². The maximum absolute atomic E-state index is 13.0. The van der Waals surface area contributed by atoms with Gasteiger partial charge in [0.1, 0.15) is 17.6 Å². The van der Waals surface area contributed by atoms with E-state index in [2.05, 4.69) is 5.32 Å². The third kappa shape index (κ3) is 4.39. The van der Waals surface area contributed by atoms with E-state index in [0.717, 1.165) is 5.56 Å². The fourth-order valence-corrected chi connectivity index (χ4v) is 3.20. The molecule has 0 saturated carbocycles. The predicted octanol–water partition coefficient (Wildman–Crippen LogP) is 1.68. The van der Waals surface area contributed by atoms with Crippen molar-refractivity contribution in [3.8, 4) is 0 Å². The Morgan fingerprint density at radius 3 is 2.57 bits per heavy atom. The molecule has 3 amide bonds. The Kier molecular flexibility index (Phi) is 6.08. The lowest BCUT2D eigenvalue weighted by Crippen LogP contribution is -2.59. The average molecular weight is 387 g/mol. The summed E-state index contributed by atoms with van der Waals surface area (Å²) in [5.74, 6) is -1.44. The highest BCUT2D eigenvalue weighted by Gasteiger charge is 2.38. The number of benzene rings is 1. The Morgan fingerprint density at radius 2 is 1.93 bits per heavy atom. The number of carbonyl (C=O) groups is 3. The molecule has 1 aliphatic rings. The summed E-state index contributed by atoms with van der Waals surface area (Å²) in [7, 11) is 0. The van der Waals surface area contributed by atoms with Crippen LogP contribution in [-0.2, 0) is 27.5 Å². The van der Waals surface area contributed by atoms with Gasteiger partial charge in [0.15, 0.2) is 0 Å². The number of carbonyl (C=O) groups excluding carboxylic acids is 3. The van der Waals surface area contributed by atoms with E-state index >= 15 is 0 Å². The van der Waals surface area contributed by atoms with E-state index in [1.807, 2.05) is 0 Å². The SMILES string of the molecule is CC[C@H](C(=O)NCc1ccco1)N1CCN(Cc2ccc(F)cc2)C(=O)C1=O. The summed E-state index contributed by atoms with van der Waals surface area (Å²) in [6.07, 6.45) is 1.91. The van der Waals surface area contributed by atoms with Crippen molar-refractivity contribution in [1.82, 2.24) is 15.1 Å². The molecule has 148 valence electrons. The van der Waals surface area contributed by atoms with Crippen LogP contribution in [-0.4, -0.2) is 46.7 Å². The number of nitrogens with zero attached hydrogens (tertiary/aromatic N) is 2. The highest BCUT2D eigenvalue weighted by Crippen LogP contribution is 2.15. The van der Waals surface area contributed by atoms with Crippen molar-refractivity contribution >= 4 is 17.7 Å². The lowest BCUT2D eigenvalue weighted by atomic mass is 10.1. The number of rotatable bonds is 7. The monoisotopic (exact) mass is 387 g/mol. The molecule has 8 heteroatoms. The van der Waals surface area contributed by atoms with E-state index in [0.29, 0.717) is 18.7 Å². The van der Waals surface area contributed by atoms with E-state index in [-0.39, 0.29) is 31.4 Å². The first-order chi connectivity index (χ1) is 13.5. The second-order valence-electron chi connectivity index (χ2n) is 6.57. The molecule has 1 N–H and O–H groups in total. The molecule has 0 aliphatic carbocycles. The van der Waals surface area contributed by atoms with Crippen LogP contribution in [0.5, 0.6) is 0 Å². The summed E-state index contributed by atoms with van der Waals surface area (Å²) in [5.41, 5.74) is 0.735. The van der Waals surface area contributed by atoms with Crippen LogP contribution in [0.15, 0.2) is 47.1 Å². The Labute approximate surface area is 162 Å². The minimum Gasteiger partial charge on any atom is -0.467 e. The number of hydrogen-bond donors (Lipinski definition) is 1. The predicted molar refractivity (Wildman–Crippen MR) is 98.2 cm³/mol. The van der Waals surface area contributed by atoms with Crippen LogP contribution in [0.2, 0.25) is 0 Å². The van der Waals surface area contributed by atoms with E-state index < -0.39 is 17.9 Å². The normalized spacial score (nSPS) is 15.6. The molecule has 2 aromatic rings. The van der Waals surface area contributed by atoms with Crippen molar-refractivity contribution < 1.29 is 23.2 Å². The zero-order chi connectivity index (χ0) is 20.1. The van der Waals surface area contributed by atoms with Crippen molar-refractivity contribution in [1.29, 1.82) is 0 Å². The Bertz CT molecular complexity index is 836. The van der Waals surface area contributed by atoms with Crippen LogP contribution in [0.25, 0.3) is 0 Å². The van der Waals surface area contributed by atoms with Gasteiger partial charge in [0.05, 0.1) is 12.8 Å². The number of furan rings is 1. The van der Waals surface area contributed by atoms with Crippen LogP contribution in [0, 0.1) is 5.82 Å². The minimum atomic E-state index is -0.723. The Balaban J connectivity index is 1.61. The van der Waals surface area contributed by atoms with Gasteiger partial charge in [-0.3, -0.25) is 14.4 Å². The number of nitrogens with one attached hydrogen (secondary N) is 1. The first kappa shape index (κ1) is 19.6. The number of hydrogen-bond acceptors (Lipinski definition) is 4. The summed E-state index contributed by atoms with van der Waals surface area (Å²) < 4.78 is 18.2. The number of amides is 3. The molecule has 0 radical (unpaired) electrons. The molecule has 0 spiro atoms. The second kappa shape index (κ2) is 8.69. The summed E-state index contributed by atoms with van der Waals surface area (Å²) >= 11 is 0. The zero-order valence-corrected chi connectivity index (χ0v) is 15.6. The van der Waals surface area contributed by atoms with Gasteiger partial charge in [-0.2, -0.15) is 0 Å². The largest absolute Gasteiger partial charge is 0.467 e. The van der Waals surface area contributed by atoms with Gasteiger partial charge in [-0.25, -0.2) is 4.39 Å². The van der Waals surface area contributed by atoms with Crippen LogP contribution >= 0.6 is 0 Å². The van der Waals surface area contributed by atoms with Crippen LogP contribution in [0.3, 0.4) is 0 Å². The van der Waals surface area contributed by atoms with E-state index in [1.54, 1.807) is 31.2 Å². The molecule has 28 heavy (non-hydrogen) atoms. The van der Waals surface area contributed by atoms with Crippen molar-refractivity contribution in [3.05, 3.63) is 59.8 Å². The van der Waals surface area contributed by atoms with E-state index in [9.17, 15) is 18.8 Å². The van der Waals surface area contributed by atoms with Crippen LogP contribution < -0.4 is 5.32 Å². The summed E-state index contributed by atoms with van der Waals surface area (Å²) in [4.78, 5) is 40.4. The molecule has 0 unspecified atom stereocenters. The highest BCUT2D eigenvalue weighted by molar-refractivity contribution is 6.35. The fraction of sp³-hybridized carbons (Fsp3) is 0.350. The molecule has 1 aromatic carbocycles. The van der Waals surface area contributed by atoms with Crippen molar-refractivity contribution in [3.63, 3.8) is 0 Å². The first-order valence-corrected chi connectivity index (χ1v) is 9.14. The standard InChI is InChI=1S/C20H22FN3O4/c1-2-17(18(25)22-12-16-4-3-11-28-16)24-10-9-23(19(26)20(24)27)13-14-5-7-15(21)8-6-14/h3-8,11,17H,2,9-10,12-13H2,1H3,(H,22,25)/t17-/m1/s1. The molecular weight excluding hydrogens is 365 g/mol. The third-order valence-electron chi connectivity index (χ3n) is 4.71. The molecule has 1 fully saturated rings. The quantitative estimate of drug-likeness (QED) is 0.733. The van der Waals surface area contributed by atoms with Gasteiger partial charge < -0.3 is 19.5 Å². The lowest BCUT2D eigenvalue weighted by molar-refractivity contribution is -0.159. The van der Waals surface area contributed by atoms with Crippen molar-refractivity contribution in [2.75, 3.05) is 13.1 Å². The van der Waals surface area contributed by atoms with Gasteiger partial charge in [0.2, 0.25) is 5.91 Å². The van der Waals surface area contributed by atoms with Crippen LogP contribution in [0.4, 0.5) is 4.39 Å². The summed E-state index contributed by atoms with van der Waals surface area (Å²) in [5, 5.41) is 2.74. The fourth-order valence-electron chi connectivity index (χ4n) is 3.20. The molecule has 1 saturated heterocycles. The minimum absolute atomic E-state index is 0.217. The van der Waals surface area contributed by atoms with E-state index in [4.69, 9.17) is 4.42 Å². The zero-order valence-electron chi connectivity index (χ0n) is 15.6. The highest BCUT2D eigenvalue weighted by atomic mass is 19.1. The molecule has 3 rings (SSSR count). The van der Waals surface area contributed by atoms with Gasteiger partial charge in [-0.1, -0.05) is 19.1 Å². The molecule has 2 heterocycles. The van der Waals surface area contributed by atoms with Gasteiger partial charge in [0, 0.05) is 19.6 Å². The molecule has 0 bridgehead atoms. The lowest BCUT2D eigenvalue weighted by Gasteiger charge is -2.37. The van der Waals surface area contributed by atoms with Gasteiger partial charge in [-0.15, -0.1) is 0 Å². The smallest absolute Gasteiger partial charge is 0.312 e. The Hall–Kier alpha value is -3.16. The molecule has 1 atom stereocenters. The van der Waals surface area contributed by atoms with Crippen molar-refractivity contribution in [2.24, 2.45) is 0 Å². The summed E-state index contributed by atoms with van der Waals surface area (Å²) in [6, 6.07) is 8.53. The Morgan fingerprint density at radius 1 is 1.18 bits per heavy atom. The topological polar surface area (TPSA) is 82.9 Å². The van der Waals surface area contributed by atoms with Crippen molar-refractivity contribution in [2.45, 2.75) is 32.5 Å². The van der Waals surface area contributed by atoms with Gasteiger partial charge >= 0.3 is 11.8 Å². The molecular formula is C20H22FN3O4. The molecule has 1 aliphatic heterocycles.